The van der Waals surface area contributed by atoms with Crippen LogP contribution in [0.3, 0.4) is 0 Å². The number of pyridine rings is 1. The first-order chi connectivity index (χ1) is 11.0. The molecule has 2 aromatic carbocycles. The summed E-state index contributed by atoms with van der Waals surface area (Å²) in [7, 11) is -3.84. The number of fused-ring (bicyclic) bond motifs is 1. The molecule has 0 aliphatic carbocycles. The Morgan fingerprint density at radius 1 is 1.04 bits per heavy atom. The predicted octanol–water partition coefficient (Wildman–Crippen LogP) is 2.94. The highest BCUT2D eigenvalue weighted by molar-refractivity contribution is 7.92. The molecule has 0 saturated heterocycles. The Morgan fingerprint density at radius 2 is 1.74 bits per heavy atom. The van der Waals surface area contributed by atoms with E-state index in [0.29, 0.717) is 5.69 Å². The summed E-state index contributed by atoms with van der Waals surface area (Å²) in [6, 6.07) is 13.7. The van der Waals surface area contributed by atoms with E-state index in [1.807, 2.05) is 24.3 Å². The Kier molecular flexibility index (Phi) is 3.67. The molecule has 0 spiro atoms. The van der Waals surface area contributed by atoms with Gasteiger partial charge in [-0.1, -0.05) is 18.2 Å². The molecule has 1 N–H and O–H groups in total. The van der Waals surface area contributed by atoms with Gasteiger partial charge >= 0.3 is 0 Å². The molecule has 8 heteroatoms. The third kappa shape index (κ3) is 3.11. The first-order valence-electron chi connectivity index (χ1n) is 6.58. The van der Waals surface area contributed by atoms with Crippen molar-refractivity contribution in [1.29, 1.82) is 0 Å². The fourth-order valence-corrected chi connectivity index (χ4v) is 3.12. The van der Waals surface area contributed by atoms with Gasteiger partial charge in [-0.25, -0.2) is 8.42 Å². The van der Waals surface area contributed by atoms with Crippen LogP contribution in [0, 0.1) is 10.1 Å². The van der Waals surface area contributed by atoms with Crippen LogP contribution in [-0.4, -0.2) is 18.3 Å². The fraction of sp³-hybridized carbons (Fsp3) is 0. The highest BCUT2D eigenvalue weighted by Crippen LogP contribution is 2.21. The smallest absolute Gasteiger partial charge is 0.269 e. The molecule has 0 aliphatic heterocycles. The standard InChI is InChI=1S/C15H11N3O4S/c19-18(20)13-5-7-14(8-6-13)23(21,22)17-12-9-11-3-1-2-4-15(11)16-10-12/h1-10,17H. The number of rotatable bonds is 4. The van der Waals surface area contributed by atoms with E-state index >= 15 is 0 Å². The van der Waals surface area contributed by atoms with Crippen LogP contribution in [0.25, 0.3) is 10.9 Å². The molecule has 7 nitrogen and oxygen atoms in total. The van der Waals surface area contributed by atoms with Crippen molar-refractivity contribution < 1.29 is 13.3 Å². The number of nitrogens with one attached hydrogen (secondary N) is 1. The zero-order valence-corrected chi connectivity index (χ0v) is 12.5. The summed E-state index contributed by atoms with van der Waals surface area (Å²) in [5.74, 6) is 0. The normalized spacial score (nSPS) is 11.3. The molecule has 0 atom stereocenters. The van der Waals surface area contributed by atoms with Crippen LogP contribution in [0.2, 0.25) is 0 Å². The summed E-state index contributed by atoms with van der Waals surface area (Å²) in [5, 5.41) is 11.4. The minimum atomic E-state index is -3.84. The van der Waals surface area contributed by atoms with Gasteiger partial charge in [0.25, 0.3) is 15.7 Å². The summed E-state index contributed by atoms with van der Waals surface area (Å²) in [6.07, 6.45) is 1.42. The van der Waals surface area contributed by atoms with E-state index < -0.39 is 14.9 Å². The zero-order chi connectivity index (χ0) is 16.4. The van der Waals surface area contributed by atoms with Crippen molar-refractivity contribution in [2.75, 3.05) is 4.72 Å². The molecule has 0 fully saturated rings. The van der Waals surface area contributed by atoms with Crippen LogP contribution < -0.4 is 4.72 Å². The number of hydrogen-bond acceptors (Lipinski definition) is 5. The van der Waals surface area contributed by atoms with E-state index in [2.05, 4.69) is 9.71 Å². The van der Waals surface area contributed by atoms with Crippen LogP contribution >= 0.6 is 0 Å². The summed E-state index contributed by atoms with van der Waals surface area (Å²) < 4.78 is 27.0. The lowest BCUT2D eigenvalue weighted by Gasteiger charge is -2.08. The van der Waals surface area contributed by atoms with Gasteiger partial charge in [0.2, 0.25) is 0 Å². The Hall–Kier alpha value is -3.00. The number of para-hydroxylation sites is 1. The minimum absolute atomic E-state index is 0.0590. The highest BCUT2D eigenvalue weighted by atomic mass is 32.2. The van der Waals surface area contributed by atoms with Crippen LogP contribution in [0.5, 0.6) is 0 Å². The lowest BCUT2D eigenvalue weighted by Crippen LogP contribution is -2.13. The van der Waals surface area contributed by atoms with Gasteiger partial charge in [-0.2, -0.15) is 0 Å². The fourth-order valence-electron chi connectivity index (χ4n) is 2.09. The van der Waals surface area contributed by atoms with Crippen LogP contribution in [0.4, 0.5) is 11.4 Å². The minimum Gasteiger partial charge on any atom is -0.278 e. The monoisotopic (exact) mass is 329 g/mol. The number of hydrogen-bond donors (Lipinski definition) is 1. The maximum absolute atomic E-state index is 12.3. The van der Waals surface area contributed by atoms with E-state index in [1.54, 1.807) is 6.07 Å². The lowest BCUT2D eigenvalue weighted by molar-refractivity contribution is -0.384. The second-order valence-corrected chi connectivity index (χ2v) is 6.46. The summed E-state index contributed by atoms with van der Waals surface area (Å²) in [6.45, 7) is 0. The van der Waals surface area contributed by atoms with Crippen molar-refractivity contribution in [3.8, 4) is 0 Å². The Labute approximate surface area is 131 Å². The van der Waals surface area contributed by atoms with Crippen LogP contribution in [0.1, 0.15) is 0 Å². The number of nitro groups is 1. The molecule has 0 aliphatic rings. The maximum Gasteiger partial charge on any atom is 0.269 e. The SMILES string of the molecule is O=[N+]([O-])c1ccc(S(=O)(=O)Nc2cnc3ccccc3c2)cc1. The van der Waals surface area contributed by atoms with Gasteiger partial charge < -0.3 is 0 Å². The predicted molar refractivity (Wildman–Crippen MR) is 85.6 cm³/mol. The van der Waals surface area contributed by atoms with Crippen LogP contribution in [0.15, 0.2) is 65.7 Å². The van der Waals surface area contributed by atoms with Gasteiger partial charge in [-0.15, -0.1) is 0 Å². The molecule has 1 aromatic heterocycles. The Balaban J connectivity index is 1.91. The second kappa shape index (κ2) is 5.65. The molecule has 3 rings (SSSR count). The second-order valence-electron chi connectivity index (χ2n) is 4.77. The van der Waals surface area contributed by atoms with Crippen molar-refractivity contribution in [3.63, 3.8) is 0 Å². The largest absolute Gasteiger partial charge is 0.278 e. The van der Waals surface area contributed by atoms with Crippen LogP contribution in [-0.2, 0) is 10.0 Å². The quantitative estimate of drug-likeness (QED) is 0.585. The van der Waals surface area contributed by atoms with E-state index in [1.165, 1.54) is 18.3 Å². The Bertz CT molecular complexity index is 985. The van der Waals surface area contributed by atoms with Crippen molar-refractivity contribution >= 4 is 32.3 Å². The molecule has 0 saturated carbocycles. The van der Waals surface area contributed by atoms with Gasteiger partial charge in [0.1, 0.15) is 0 Å². The van der Waals surface area contributed by atoms with Gasteiger partial charge in [-0.05, 0) is 24.3 Å². The topological polar surface area (TPSA) is 102 Å². The van der Waals surface area contributed by atoms with E-state index in [9.17, 15) is 18.5 Å². The number of benzene rings is 2. The van der Waals surface area contributed by atoms with Gasteiger partial charge in [0.05, 0.1) is 27.2 Å². The molecule has 0 radical (unpaired) electrons. The number of non-ortho nitro benzene ring substituents is 1. The molecule has 0 unspecified atom stereocenters. The molecule has 0 bridgehead atoms. The van der Waals surface area contributed by atoms with E-state index in [-0.39, 0.29) is 10.6 Å². The third-order valence-electron chi connectivity index (χ3n) is 3.20. The first-order valence-corrected chi connectivity index (χ1v) is 8.06. The van der Waals surface area contributed by atoms with Crippen molar-refractivity contribution in [2.45, 2.75) is 4.90 Å². The zero-order valence-electron chi connectivity index (χ0n) is 11.7. The van der Waals surface area contributed by atoms with Gasteiger partial charge in [0, 0.05) is 17.5 Å². The first kappa shape index (κ1) is 14.9. The molecule has 116 valence electrons. The summed E-state index contributed by atoms with van der Waals surface area (Å²) in [4.78, 5) is 14.1. The number of nitrogens with zero attached hydrogens (tertiary/aromatic N) is 2. The number of aromatic nitrogens is 1. The highest BCUT2D eigenvalue weighted by Gasteiger charge is 2.16. The van der Waals surface area contributed by atoms with Crippen molar-refractivity contribution in [2.24, 2.45) is 0 Å². The van der Waals surface area contributed by atoms with Gasteiger partial charge in [-0.3, -0.25) is 19.8 Å². The number of anilines is 1. The number of nitro benzene ring substituents is 1. The average Bonchev–Trinajstić information content (AvgIpc) is 2.54. The summed E-state index contributed by atoms with van der Waals surface area (Å²) in [5.41, 5.74) is 0.907. The molecule has 0 amide bonds. The van der Waals surface area contributed by atoms with Crippen molar-refractivity contribution in [1.82, 2.24) is 4.98 Å². The Morgan fingerprint density at radius 3 is 2.43 bits per heavy atom. The third-order valence-corrected chi connectivity index (χ3v) is 4.60. The van der Waals surface area contributed by atoms with Crippen molar-refractivity contribution in [3.05, 3.63) is 70.9 Å². The lowest BCUT2D eigenvalue weighted by atomic mass is 10.2. The number of sulfonamides is 1. The van der Waals surface area contributed by atoms with E-state index in [0.717, 1.165) is 23.0 Å². The van der Waals surface area contributed by atoms with Gasteiger partial charge in [0.15, 0.2) is 0 Å². The maximum atomic E-state index is 12.3. The molecule has 23 heavy (non-hydrogen) atoms. The molecule has 3 aromatic rings. The molecule has 1 heterocycles. The molecular weight excluding hydrogens is 318 g/mol. The van der Waals surface area contributed by atoms with E-state index in [4.69, 9.17) is 0 Å². The summed E-state index contributed by atoms with van der Waals surface area (Å²) >= 11 is 0. The molecular formula is C15H11N3O4S. The average molecular weight is 329 g/mol.